The van der Waals surface area contributed by atoms with E-state index in [2.05, 4.69) is 49.9 Å². The smallest absolute Gasteiger partial charge is 0.252 e. The van der Waals surface area contributed by atoms with E-state index in [1.165, 1.54) is 6.92 Å². The first-order valence-electron chi connectivity index (χ1n) is 18.2. The van der Waals surface area contributed by atoms with Crippen LogP contribution in [-0.2, 0) is 19.6 Å². The third-order valence-electron chi connectivity index (χ3n) is 10.0. The molecule has 2 fully saturated rings. The van der Waals surface area contributed by atoms with Gasteiger partial charge in [-0.3, -0.25) is 9.59 Å². The third kappa shape index (κ3) is 8.18. The molecule has 16 nitrogen and oxygen atoms in total. The van der Waals surface area contributed by atoms with Gasteiger partial charge >= 0.3 is 0 Å². The summed E-state index contributed by atoms with van der Waals surface area (Å²) in [7, 11) is -3.97. The number of amides is 2. The average molecular weight is 789 g/mol. The predicted octanol–water partition coefficient (Wildman–Crippen LogP) is 2.91. The molecule has 5 atom stereocenters. The number of thiazole rings is 1. The lowest BCUT2D eigenvalue weighted by molar-refractivity contribution is -0.122. The zero-order valence-corrected chi connectivity index (χ0v) is 32.2. The summed E-state index contributed by atoms with van der Waals surface area (Å²) in [6.07, 6.45) is 0.124. The molecule has 55 heavy (non-hydrogen) atoms. The zero-order chi connectivity index (χ0) is 38.9. The highest BCUT2D eigenvalue weighted by molar-refractivity contribution is 7.91. The molecule has 1 aliphatic carbocycles. The summed E-state index contributed by atoms with van der Waals surface area (Å²) in [5.41, 5.74) is 3.37. The fraction of sp³-hybridized carbons (Fsp3) is 0.405. The molecule has 290 valence electrons. The maximum Gasteiger partial charge on any atom is 0.252 e. The number of nitrogens with one attached hydrogen (secondary N) is 4. The van der Waals surface area contributed by atoms with Crippen LogP contribution in [0.25, 0.3) is 11.2 Å². The molecule has 1 aliphatic heterocycles. The Morgan fingerprint density at radius 3 is 2.35 bits per heavy atom. The van der Waals surface area contributed by atoms with Gasteiger partial charge in [0.2, 0.25) is 17.8 Å². The molecular weight excluding hydrogens is 745 g/mol. The van der Waals surface area contributed by atoms with E-state index < -0.39 is 40.4 Å². The number of rotatable bonds is 13. The Balaban J connectivity index is 1.20. The van der Waals surface area contributed by atoms with Gasteiger partial charge in [0.05, 0.1) is 24.1 Å². The van der Waals surface area contributed by atoms with Crippen molar-refractivity contribution in [3.63, 3.8) is 0 Å². The van der Waals surface area contributed by atoms with E-state index in [0.29, 0.717) is 42.4 Å². The molecule has 0 radical (unpaired) electrons. The van der Waals surface area contributed by atoms with Gasteiger partial charge in [-0.15, -0.1) is 0 Å². The maximum atomic E-state index is 13.5. The van der Waals surface area contributed by atoms with Gasteiger partial charge in [0, 0.05) is 44.9 Å². The van der Waals surface area contributed by atoms with Crippen LogP contribution in [0, 0.1) is 6.92 Å². The normalized spacial score (nSPS) is 21.3. The van der Waals surface area contributed by atoms with Gasteiger partial charge in [0.1, 0.15) is 12.2 Å². The molecule has 6 N–H and O–H groups in total. The predicted molar refractivity (Wildman–Crippen MR) is 209 cm³/mol. The molecule has 5 aromatic rings. The van der Waals surface area contributed by atoms with E-state index in [0.717, 1.165) is 22.5 Å². The lowest BCUT2D eigenvalue weighted by Crippen LogP contribution is -2.42. The molecule has 1 saturated heterocycles. The maximum absolute atomic E-state index is 13.5. The number of hydrogen-bond donors (Lipinski definition) is 6. The molecule has 0 unspecified atom stereocenters. The first-order valence-corrected chi connectivity index (χ1v) is 20.5. The summed E-state index contributed by atoms with van der Waals surface area (Å²) in [5, 5.41) is 31.2. The van der Waals surface area contributed by atoms with Crippen LogP contribution in [0.5, 0.6) is 0 Å². The number of carbonyl (C=O) groups excluding carboxylic acids is 2. The van der Waals surface area contributed by atoms with E-state index in [9.17, 15) is 28.2 Å². The standard InChI is InChI=1S/C37H44N10O6S2/c1-4-29(49)42-27-17-28(32(51)31(27)50)47-20-39-30-33(38-18-26(23-11-7-5-8-12-23)24-13-9-6-10-14-24)43-36(44-34(30)47)46-16-15-25(19-46)45-55(52,53)35-21(2)40-37(54-35)41-22(3)48/h5-14,20,25-28,31-32,45,50-51H,4,15-19H2,1-3H3,(H,42,49)(H,38,43,44)(H,40,41,48)/t25-,27+,28-,31-,32+/m1/s1. The van der Waals surface area contributed by atoms with Gasteiger partial charge in [0.15, 0.2) is 26.3 Å². The Hall–Kier alpha value is -5.01. The first kappa shape index (κ1) is 38.3. The number of aliphatic hydroxyl groups is 2. The fourth-order valence-corrected chi connectivity index (χ4v) is 10.0. The third-order valence-corrected chi connectivity index (χ3v) is 13.2. The van der Waals surface area contributed by atoms with Gasteiger partial charge in [0.25, 0.3) is 10.0 Å². The number of hydrogen-bond acceptors (Lipinski definition) is 13. The number of sulfonamides is 1. The summed E-state index contributed by atoms with van der Waals surface area (Å²) in [5.74, 6) is 0.170. The van der Waals surface area contributed by atoms with Gasteiger partial charge in [-0.25, -0.2) is 23.1 Å². The van der Waals surface area contributed by atoms with Crippen molar-refractivity contribution >= 4 is 61.2 Å². The Morgan fingerprint density at radius 2 is 1.69 bits per heavy atom. The molecule has 0 spiro atoms. The van der Waals surface area contributed by atoms with Gasteiger partial charge < -0.3 is 35.6 Å². The van der Waals surface area contributed by atoms with E-state index in [4.69, 9.17) is 15.0 Å². The molecule has 1 saturated carbocycles. The fourth-order valence-electron chi connectivity index (χ4n) is 7.29. The number of aryl methyl sites for hydroxylation is 1. The van der Waals surface area contributed by atoms with Crippen molar-refractivity contribution in [2.75, 3.05) is 35.2 Å². The van der Waals surface area contributed by atoms with Crippen molar-refractivity contribution in [1.29, 1.82) is 0 Å². The van der Waals surface area contributed by atoms with Crippen molar-refractivity contribution in [3.8, 4) is 0 Å². The quantitative estimate of drug-likeness (QED) is 0.102. The minimum absolute atomic E-state index is 0.0277. The summed E-state index contributed by atoms with van der Waals surface area (Å²) in [6.45, 7) is 5.80. The summed E-state index contributed by atoms with van der Waals surface area (Å²) >= 11 is 0.891. The summed E-state index contributed by atoms with van der Waals surface area (Å²) in [4.78, 5) is 44.4. The molecule has 2 aromatic carbocycles. The average Bonchev–Trinajstić information content (AvgIpc) is 3.96. The lowest BCUT2D eigenvalue weighted by atomic mass is 9.91. The molecule has 0 bridgehead atoms. The van der Waals surface area contributed by atoms with Crippen molar-refractivity contribution in [2.45, 2.75) is 80.5 Å². The zero-order valence-electron chi connectivity index (χ0n) is 30.6. The minimum Gasteiger partial charge on any atom is -0.388 e. The lowest BCUT2D eigenvalue weighted by Gasteiger charge is -2.22. The van der Waals surface area contributed by atoms with Crippen molar-refractivity contribution in [1.82, 2.24) is 34.5 Å². The van der Waals surface area contributed by atoms with Crippen LogP contribution in [0.3, 0.4) is 0 Å². The molecule has 7 rings (SSSR count). The van der Waals surface area contributed by atoms with E-state index in [-0.39, 0.29) is 52.2 Å². The van der Waals surface area contributed by atoms with E-state index in [1.807, 2.05) is 41.3 Å². The highest BCUT2D eigenvalue weighted by atomic mass is 32.2. The van der Waals surface area contributed by atoms with Crippen LogP contribution in [-0.4, -0.2) is 98.9 Å². The number of aliphatic hydroxyl groups excluding tert-OH is 2. The first-order chi connectivity index (χ1) is 26.4. The SMILES string of the molecule is CCC(=O)N[C@H]1C[C@@H](n2cnc3c(NCC(c4ccccc4)c4ccccc4)nc(N4CC[C@@H](NS(=O)(=O)c5sc(NC(C)=O)nc5C)C4)nc32)[C@H](O)[C@@H]1O. The Bertz CT molecular complexity index is 2230. The van der Waals surface area contributed by atoms with Crippen molar-refractivity contribution in [2.24, 2.45) is 0 Å². The highest BCUT2D eigenvalue weighted by Crippen LogP contribution is 2.36. The molecule has 2 amide bonds. The van der Waals surface area contributed by atoms with Gasteiger partial charge in [-0.05, 0) is 30.9 Å². The van der Waals surface area contributed by atoms with Crippen LogP contribution in [0.15, 0.2) is 71.2 Å². The summed E-state index contributed by atoms with van der Waals surface area (Å²) < 4.78 is 31.5. The second kappa shape index (κ2) is 16.0. The number of carbonyl (C=O) groups is 2. The van der Waals surface area contributed by atoms with Crippen LogP contribution >= 0.6 is 11.3 Å². The summed E-state index contributed by atoms with van der Waals surface area (Å²) in [6, 6.07) is 18.5. The number of nitrogens with zero attached hydrogens (tertiary/aromatic N) is 6. The minimum atomic E-state index is -3.97. The Labute approximate surface area is 322 Å². The molecule has 18 heteroatoms. The van der Waals surface area contributed by atoms with E-state index >= 15 is 0 Å². The molecule has 3 aromatic heterocycles. The number of benzene rings is 2. The number of fused-ring (bicyclic) bond motifs is 1. The molecule has 2 aliphatic rings. The monoisotopic (exact) mass is 788 g/mol. The van der Waals surface area contributed by atoms with Gasteiger partial charge in [-0.1, -0.05) is 78.9 Å². The van der Waals surface area contributed by atoms with Crippen molar-refractivity contribution in [3.05, 3.63) is 83.8 Å². The van der Waals surface area contributed by atoms with Crippen LogP contribution in [0.1, 0.15) is 61.9 Å². The molecular formula is C37H44N10O6S2. The van der Waals surface area contributed by atoms with Crippen molar-refractivity contribution < 1.29 is 28.2 Å². The topological polar surface area (TPSA) is 217 Å². The molecule has 4 heterocycles. The van der Waals surface area contributed by atoms with E-state index in [1.54, 1.807) is 24.7 Å². The van der Waals surface area contributed by atoms with Crippen LogP contribution in [0.2, 0.25) is 0 Å². The van der Waals surface area contributed by atoms with Crippen LogP contribution < -0.4 is 25.6 Å². The highest BCUT2D eigenvalue weighted by Gasteiger charge is 2.44. The number of aromatic nitrogens is 5. The Morgan fingerprint density at radius 1 is 1.00 bits per heavy atom. The Kier molecular flexibility index (Phi) is 11.1. The number of anilines is 3. The second-order valence-corrected chi connectivity index (χ2v) is 16.8. The largest absolute Gasteiger partial charge is 0.388 e. The number of imidazole rings is 1. The van der Waals surface area contributed by atoms with Crippen LogP contribution in [0.4, 0.5) is 16.9 Å². The second-order valence-electron chi connectivity index (χ2n) is 13.9. The van der Waals surface area contributed by atoms with Gasteiger partial charge in [-0.2, -0.15) is 9.97 Å².